The molecule has 21 heavy (non-hydrogen) atoms. The zero-order valence-electron chi connectivity index (χ0n) is 11.3. The number of Topliss-reactive ketones (excluding diaryl/α,β-unsaturated/α-hetero) is 1. The molecule has 0 aliphatic carbocycles. The summed E-state index contributed by atoms with van der Waals surface area (Å²) >= 11 is 1.43. The average molecular weight is 291 g/mol. The van der Waals surface area contributed by atoms with Gasteiger partial charge in [-0.15, -0.1) is 11.3 Å². The van der Waals surface area contributed by atoms with Gasteiger partial charge in [0.1, 0.15) is 5.71 Å². The lowest BCUT2D eigenvalue weighted by Crippen LogP contribution is -2.14. The van der Waals surface area contributed by atoms with Gasteiger partial charge in [0.05, 0.1) is 10.6 Å². The molecule has 0 amide bonds. The van der Waals surface area contributed by atoms with Crippen LogP contribution in [0.5, 0.6) is 0 Å². The second kappa shape index (κ2) is 6.29. The third-order valence-corrected chi connectivity index (χ3v) is 3.87. The molecular weight excluding hydrogens is 278 g/mol. The summed E-state index contributed by atoms with van der Waals surface area (Å²) in [5.74, 6) is -0.0416. The Labute approximate surface area is 127 Å². The monoisotopic (exact) mass is 291 g/mol. The van der Waals surface area contributed by atoms with Gasteiger partial charge >= 0.3 is 0 Å². The van der Waals surface area contributed by atoms with Crippen molar-refractivity contribution in [1.82, 2.24) is 0 Å². The van der Waals surface area contributed by atoms with E-state index in [1.807, 2.05) is 78.2 Å². The van der Waals surface area contributed by atoms with Crippen LogP contribution in [0.4, 0.5) is 5.69 Å². The van der Waals surface area contributed by atoms with Crippen molar-refractivity contribution in [3.05, 3.63) is 88.6 Å². The van der Waals surface area contributed by atoms with E-state index in [9.17, 15) is 4.79 Å². The van der Waals surface area contributed by atoms with Gasteiger partial charge in [-0.05, 0) is 23.6 Å². The lowest BCUT2D eigenvalue weighted by atomic mass is 10.1. The molecule has 0 radical (unpaired) electrons. The smallest absolute Gasteiger partial charge is 0.221 e. The maximum absolute atomic E-state index is 12.7. The normalized spacial score (nSPS) is 11.3. The van der Waals surface area contributed by atoms with Gasteiger partial charge in [-0.1, -0.05) is 54.6 Å². The van der Waals surface area contributed by atoms with E-state index in [0.717, 1.165) is 11.3 Å². The van der Waals surface area contributed by atoms with Gasteiger partial charge in [0.15, 0.2) is 0 Å². The molecule has 0 atom stereocenters. The minimum absolute atomic E-state index is 0.0416. The second-order valence-electron chi connectivity index (χ2n) is 4.47. The molecule has 0 aliphatic heterocycles. The van der Waals surface area contributed by atoms with Crippen molar-refractivity contribution in [2.45, 2.75) is 0 Å². The number of hydrogen-bond donors (Lipinski definition) is 0. The number of nitrogens with zero attached hydrogens (tertiary/aromatic N) is 1. The highest BCUT2D eigenvalue weighted by molar-refractivity contribution is 7.13. The molecular formula is C18H13NOS. The fourth-order valence-corrected chi connectivity index (χ4v) is 2.66. The molecule has 2 nitrogen and oxygen atoms in total. The highest BCUT2D eigenvalue weighted by atomic mass is 32.1. The van der Waals surface area contributed by atoms with E-state index in [0.29, 0.717) is 10.6 Å². The van der Waals surface area contributed by atoms with Crippen molar-refractivity contribution in [2.75, 3.05) is 0 Å². The molecule has 3 aromatic rings. The molecule has 3 heteroatoms. The van der Waals surface area contributed by atoms with E-state index < -0.39 is 0 Å². The first kappa shape index (κ1) is 13.5. The summed E-state index contributed by atoms with van der Waals surface area (Å²) < 4.78 is 0. The summed E-state index contributed by atoms with van der Waals surface area (Å²) in [6.07, 6.45) is 0. The van der Waals surface area contributed by atoms with Crippen molar-refractivity contribution in [3.8, 4) is 0 Å². The number of para-hydroxylation sites is 1. The van der Waals surface area contributed by atoms with Crippen molar-refractivity contribution >= 4 is 28.5 Å². The molecule has 0 bridgehead atoms. The van der Waals surface area contributed by atoms with E-state index in [1.165, 1.54) is 11.3 Å². The van der Waals surface area contributed by atoms with Crippen LogP contribution < -0.4 is 0 Å². The van der Waals surface area contributed by atoms with E-state index in [-0.39, 0.29) is 5.78 Å². The maximum atomic E-state index is 12.7. The Hall–Kier alpha value is -2.52. The first-order valence-corrected chi connectivity index (χ1v) is 7.50. The maximum Gasteiger partial charge on any atom is 0.221 e. The Morgan fingerprint density at radius 2 is 1.48 bits per heavy atom. The number of benzene rings is 2. The number of carbonyl (C=O) groups is 1. The Morgan fingerprint density at radius 1 is 0.810 bits per heavy atom. The van der Waals surface area contributed by atoms with Gasteiger partial charge in [0.25, 0.3) is 0 Å². The number of aliphatic imine (C=N–C) groups is 1. The summed E-state index contributed by atoms with van der Waals surface area (Å²) in [5.41, 5.74) is 2.09. The summed E-state index contributed by atoms with van der Waals surface area (Å²) in [6, 6.07) is 22.8. The standard InChI is InChI=1S/C18H13NOS/c20-18(16-12-7-13-21-16)17(14-8-3-1-4-9-14)19-15-10-5-2-6-11-15/h1-13H. The summed E-state index contributed by atoms with van der Waals surface area (Å²) in [4.78, 5) is 18.0. The van der Waals surface area contributed by atoms with Gasteiger partial charge in [0.2, 0.25) is 5.78 Å². The van der Waals surface area contributed by atoms with Crippen LogP contribution in [-0.4, -0.2) is 11.5 Å². The van der Waals surface area contributed by atoms with Crippen LogP contribution in [-0.2, 0) is 0 Å². The zero-order valence-corrected chi connectivity index (χ0v) is 12.1. The van der Waals surface area contributed by atoms with Crippen LogP contribution >= 0.6 is 11.3 Å². The highest BCUT2D eigenvalue weighted by Gasteiger charge is 2.17. The molecule has 1 aromatic heterocycles. The van der Waals surface area contributed by atoms with Crippen LogP contribution in [0.2, 0.25) is 0 Å². The Bertz CT molecular complexity index is 746. The Kier molecular flexibility index (Phi) is 4.03. The Morgan fingerprint density at radius 3 is 2.10 bits per heavy atom. The van der Waals surface area contributed by atoms with E-state index in [1.54, 1.807) is 0 Å². The molecule has 0 saturated heterocycles. The molecule has 102 valence electrons. The second-order valence-corrected chi connectivity index (χ2v) is 5.42. The van der Waals surface area contributed by atoms with E-state index in [4.69, 9.17) is 0 Å². The molecule has 0 spiro atoms. The van der Waals surface area contributed by atoms with Gasteiger partial charge < -0.3 is 0 Å². The largest absolute Gasteiger partial charge is 0.286 e. The molecule has 0 saturated carbocycles. The minimum Gasteiger partial charge on any atom is -0.286 e. The van der Waals surface area contributed by atoms with Crippen molar-refractivity contribution in [1.29, 1.82) is 0 Å². The number of hydrogen-bond acceptors (Lipinski definition) is 3. The predicted octanol–water partition coefficient (Wildman–Crippen LogP) is 4.75. The van der Waals surface area contributed by atoms with Gasteiger partial charge in [-0.25, -0.2) is 4.99 Å². The zero-order chi connectivity index (χ0) is 14.5. The van der Waals surface area contributed by atoms with Crippen LogP contribution in [0.3, 0.4) is 0 Å². The topological polar surface area (TPSA) is 29.4 Å². The summed E-state index contributed by atoms with van der Waals surface area (Å²) in [7, 11) is 0. The van der Waals surface area contributed by atoms with E-state index in [2.05, 4.69) is 4.99 Å². The fourth-order valence-electron chi connectivity index (χ4n) is 2.00. The SMILES string of the molecule is O=C(C(=Nc1ccccc1)c1ccccc1)c1cccs1. The van der Waals surface area contributed by atoms with Crippen molar-refractivity contribution < 1.29 is 4.79 Å². The quantitative estimate of drug-likeness (QED) is 0.504. The number of rotatable bonds is 4. The predicted molar refractivity (Wildman–Crippen MR) is 87.7 cm³/mol. The molecule has 2 aromatic carbocycles. The number of ketones is 1. The lowest BCUT2D eigenvalue weighted by Gasteiger charge is -2.05. The van der Waals surface area contributed by atoms with Crippen molar-refractivity contribution in [2.24, 2.45) is 4.99 Å². The van der Waals surface area contributed by atoms with Gasteiger partial charge in [-0.2, -0.15) is 0 Å². The molecule has 1 heterocycles. The molecule has 0 unspecified atom stereocenters. The first-order valence-electron chi connectivity index (χ1n) is 6.62. The van der Waals surface area contributed by atoms with E-state index >= 15 is 0 Å². The van der Waals surface area contributed by atoms with Crippen LogP contribution in [0.25, 0.3) is 0 Å². The van der Waals surface area contributed by atoms with Gasteiger partial charge in [0, 0.05) is 5.56 Å². The number of thiophene rings is 1. The van der Waals surface area contributed by atoms with Crippen LogP contribution in [0.1, 0.15) is 15.2 Å². The minimum atomic E-state index is -0.0416. The third kappa shape index (κ3) is 3.15. The fraction of sp³-hybridized carbons (Fsp3) is 0. The summed E-state index contributed by atoms with van der Waals surface area (Å²) in [5, 5.41) is 1.90. The lowest BCUT2D eigenvalue weighted by molar-refractivity contribution is 0.107. The Balaban J connectivity index is 2.08. The first-order chi connectivity index (χ1) is 10.3. The highest BCUT2D eigenvalue weighted by Crippen LogP contribution is 2.18. The van der Waals surface area contributed by atoms with Crippen LogP contribution in [0, 0.1) is 0 Å². The van der Waals surface area contributed by atoms with Gasteiger partial charge in [-0.3, -0.25) is 4.79 Å². The molecule has 0 aliphatic rings. The summed E-state index contributed by atoms with van der Waals surface area (Å²) in [6.45, 7) is 0. The number of carbonyl (C=O) groups excluding carboxylic acids is 1. The van der Waals surface area contributed by atoms with Crippen molar-refractivity contribution in [3.63, 3.8) is 0 Å². The van der Waals surface area contributed by atoms with Crippen LogP contribution in [0.15, 0.2) is 83.2 Å². The molecule has 0 N–H and O–H groups in total. The molecule has 3 rings (SSSR count). The average Bonchev–Trinajstić information content (AvgIpc) is 3.08. The molecule has 0 fully saturated rings. The third-order valence-electron chi connectivity index (χ3n) is 3.00.